The standard InChI is InChI=1S/C14H26N2O/c17-14(12-16-10-6-3-7-11-16)15-13-8-4-1-2-5-9-13/h13H,1-12H2,(H,15,17). The summed E-state index contributed by atoms with van der Waals surface area (Å²) in [4.78, 5) is 14.2. The highest BCUT2D eigenvalue weighted by molar-refractivity contribution is 5.78. The van der Waals surface area contributed by atoms with Gasteiger partial charge in [-0.1, -0.05) is 32.1 Å². The topological polar surface area (TPSA) is 32.3 Å². The van der Waals surface area contributed by atoms with E-state index in [0.717, 1.165) is 13.1 Å². The molecular formula is C14H26N2O. The zero-order valence-electron chi connectivity index (χ0n) is 10.9. The number of amides is 1. The van der Waals surface area contributed by atoms with Crippen LogP contribution < -0.4 is 5.32 Å². The van der Waals surface area contributed by atoms with Gasteiger partial charge in [-0.15, -0.1) is 0 Å². The van der Waals surface area contributed by atoms with Gasteiger partial charge in [-0.3, -0.25) is 9.69 Å². The molecule has 0 spiro atoms. The summed E-state index contributed by atoms with van der Waals surface area (Å²) in [7, 11) is 0. The van der Waals surface area contributed by atoms with E-state index in [4.69, 9.17) is 0 Å². The molecular weight excluding hydrogens is 212 g/mol. The van der Waals surface area contributed by atoms with Gasteiger partial charge < -0.3 is 5.32 Å². The van der Waals surface area contributed by atoms with Gasteiger partial charge in [-0.05, 0) is 38.8 Å². The molecule has 3 nitrogen and oxygen atoms in total. The first-order valence-corrected chi connectivity index (χ1v) is 7.36. The SMILES string of the molecule is O=C(CN1CCCCC1)NC1CCCCCC1. The number of likely N-dealkylation sites (tertiary alicyclic amines) is 1. The molecule has 98 valence electrons. The van der Waals surface area contributed by atoms with Gasteiger partial charge in [0.2, 0.25) is 5.91 Å². The van der Waals surface area contributed by atoms with Gasteiger partial charge in [-0.2, -0.15) is 0 Å². The molecule has 2 rings (SSSR count). The molecule has 17 heavy (non-hydrogen) atoms. The van der Waals surface area contributed by atoms with E-state index in [1.54, 1.807) is 0 Å². The van der Waals surface area contributed by atoms with Crippen molar-refractivity contribution in [3.05, 3.63) is 0 Å². The van der Waals surface area contributed by atoms with Gasteiger partial charge in [-0.25, -0.2) is 0 Å². The number of nitrogens with zero attached hydrogens (tertiary/aromatic N) is 1. The first-order valence-electron chi connectivity index (χ1n) is 7.36. The van der Waals surface area contributed by atoms with E-state index >= 15 is 0 Å². The molecule has 0 aromatic heterocycles. The average molecular weight is 238 g/mol. The van der Waals surface area contributed by atoms with Gasteiger partial charge in [0.05, 0.1) is 6.54 Å². The summed E-state index contributed by atoms with van der Waals surface area (Å²) < 4.78 is 0. The second-order valence-corrected chi connectivity index (χ2v) is 5.59. The maximum Gasteiger partial charge on any atom is 0.234 e. The van der Waals surface area contributed by atoms with E-state index in [0.29, 0.717) is 12.6 Å². The Hall–Kier alpha value is -0.570. The molecule has 1 aliphatic heterocycles. The summed E-state index contributed by atoms with van der Waals surface area (Å²) in [6, 6.07) is 0.454. The number of piperidine rings is 1. The van der Waals surface area contributed by atoms with E-state index in [2.05, 4.69) is 10.2 Å². The smallest absolute Gasteiger partial charge is 0.234 e. The minimum atomic E-state index is 0.249. The van der Waals surface area contributed by atoms with Crippen LogP contribution in [0, 0.1) is 0 Å². The summed E-state index contributed by atoms with van der Waals surface area (Å²) in [5, 5.41) is 3.23. The quantitative estimate of drug-likeness (QED) is 0.765. The molecule has 0 aromatic carbocycles. The fourth-order valence-corrected chi connectivity index (χ4v) is 3.02. The van der Waals surface area contributed by atoms with Crippen molar-refractivity contribution in [3.8, 4) is 0 Å². The molecule has 1 saturated carbocycles. The summed E-state index contributed by atoms with van der Waals surface area (Å²) in [6.45, 7) is 2.84. The molecule has 0 bridgehead atoms. The number of hydrogen-bond acceptors (Lipinski definition) is 2. The Morgan fingerprint density at radius 3 is 2.18 bits per heavy atom. The fraction of sp³-hybridized carbons (Fsp3) is 0.929. The lowest BCUT2D eigenvalue weighted by Gasteiger charge is -2.26. The van der Waals surface area contributed by atoms with E-state index in [9.17, 15) is 4.79 Å². The monoisotopic (exact) mass is 238 g/mol. The highest BCUT2D eigenvalue weighted by Gasteiger charge is 2.17. The number of carbonyl (C=O) groups is 1. The van der Waals surface area contributed by atoms with E-state index in [-0.39, 0.29) is 5.91 Å². The lowest BCUT2D eigenvalue weighted by Crippen LogP contribution is -2.43. The lowest BCUT2D eigenvalue weighted by atomic mass is 10.1. The normalized spacial score (nSPS) is 24.2. The number of nitrogens with one attached hydrogen (secondary N) is 1. The number of carbonyl (C=O) groups excluding carboxylic acids is 1. The van der Waals surface area contributed by atoms with Gasteiger partial charge in [0.25, 0.3) is 0 Å². The van der Waals surface area contributed by atoms with Crippen molar-refractivity contribution in [2.24, 2.45) is 0 Å². The van der Waals surface area contributed by atoms with Crippen molar-refractivity contribution in [2.75, 3.05) is 19.6 Å². The van der Waals surface area contributed by atoms with E-state index < -0.39 is 0 Å². The van der Waals surface area contributed by atoms with Crippen molar-refractivity contribution in [3.63, 3.8) is 0 Å². The molecule has 1 N–H and O–H groups in total. The first-order chi connectivity index (χ1) is 8.34. The fourth-order valence-electron chi connectivity index (χ4n) is 3.02. The highest BCUT2D eigenvalue weighted by Crippen LogP contribution is 2.17. The maximum atomic E-state index is 11.9. The van der Waals surface area contributed by atoms with Gasteiger partial charge >= 0.3 is 0 Å². The van der Waals surface area contributed by atoms with Gasteiger partial charge in [0.1, 0.15) is 0 Å². The first kappa shape index (κ1) is 12.9. The van der Waals surface area contributed by atoms with Crippen molar-refractivity contribution in [2.45, 2.75) is 63.8 Å². The van der Waals surface area contributed by atoms with Crippen molar-refractivity contribution in [1.82, 2.24) is 10.2 Å². The van der Waals surface area contributed by atoms with Crippen molar-refractivity contribution < 1.29 is 4.79 Å². The predicted octanol–water partition coefficient (Wildman–Crippen LogP) is 2.31. The molecule has 2 fully saturated rings. The molecule has 0 unspecified atom stereocenters. The summed E-state index contributed by atoms with van der Waals surface area (Å²) in [5.74, 6) is 0.249. The van der Waals surface area contributed by atoms with Crippen LogP contribution in [0.2, 0.25) is 0 Å². The Bertz CT molecular complexity index is 228. The second-order valence-electron chi connectivity index (χ2n) is 5.59. The molecule has 2 aliphatic rings. The predicted molar refractivity (Wildman–Crippen MR) is 69.9 cm³/mol. The molecule has 3 heteroatoms. The average Bonchev–Trinajstić information content (AvgIpc) is 2.59. The Morgan fingerprint density at radius 2 is 1.53 bits per heavy atom. The molecule has 1 aliphatic carbocycles. The van der Waals surface area contributed by atoms with Crippen LogP contribution in [0.15, 0.2) is 0 Å². The minimum Gasteiger partial charge on any atom is -0.352 e. The van der Waals surface area contributed by atoms with Crippen LogP contribution in [-0.4, -0.2) is 36.5 Å². The Kier molecular flexibility index (Phi) is 5.30. The van der Waals surface area contributed by atoms with Crippen molar-refractivity contribution in [1.29, 1.82) is 0 Å². The van der Waals surface area contributed by atoms with E-state index in [1.807, 2.05) is 0 Å². The molecule has 1 heterocycles. The van der Waals surface area contributed by atoms with Crippen molar-refractivity contribution >= 4 is 5.91 Å². The van der Waals surface area contributed by atoms with Crippen LogP contribution in [-0.2, 0) is 4.79 Å². The van der Waals surface area contributed by atoms with Crippen LogP contribution in [0.1, 0.15) is 57.8 Å². The second kappa shape index (κ2) is 7.00. The third kappa shape index (κ3) is 4.66. The van der Waals surface area contributed by atoms with Gasteiger partial charge in [0, 0.05) is 6.04 Å². The maximum absolute atomic E-state index is 11.9. The van der Waals surface area contributed by atoms with Crippen LogP contribution >= 0.6 is 0 Å². The molecule has 0 radical (unpaired) electrons. The zero-order chi connectivity index (χ0) is 11.9. The number of hydrogen-bond donors (Lipinski definition) is 1. The third-order valence-electron chi connectivity index (χ3n) is 4.04. The Morgan fingerprint density at radius 1 is 0.941 bits per heavy atom. The van der Waals surface area contributed by atoms with Crippen LogP contribution in [0.3, 0.4) is 0 Å². The van der Waals surface area contributed by atoms with Crippen LogP contribution in [0.4, 0.5) is 0 Å². The Labute approximate surface area is 105 Å². The van der Waals surface area contributed by atoms with Crippen LogP contribution in [0.25, 0.3) is 0 Å². The Balaban J connectivity index is 1.68. The number of rotatable bonds is 3. The summed E-state index contributed by atoms with van der Waals surface area (Å²) >= 11 is 0. The molecule has 1 saturated heterocycles. The summed E-state index contributed by atoms with van der Waals surface area (Å²) in [6.07, 6.45) is 11.5. The largest absolute Gasteiger partial charge is 0.352 e. The van der Waals surface area contributed by atoms with Gasteiger partial charge in [0.15, 0.2) is 0 Å². The summed E-state index contributed by atoms with van der Waals surface area (Å²) in [5.41, 5.74) is 0. The highest BCUT2D eigenvalue weighted by atomic mass is 16.2. The van der Waals surface area contributed by atoms with Crippen LogP contribution in [0.5, 0.6) is 0 Å². The molecule has 1 amide bonds. The zero-order valence-corrected chi connectivity index (χ0v) is 10.9. The molecule has 0 atom stereocenters. The lowest BCUT2D eigenvalue weighted by molar-refractivity contribution is -0.123. The third-order valence-corrected chi connectivity index (χ3v) is 4.04. The molecule has 0 aromatic rings. The van der Waals surface area contributed by atoms with E-state index in [1.165, 1.54) is 57.8 Å². The minimum absolute atomic E-state index is 0.249.